The maximum absolute atomic E-state index is 10.4. The molecule has 4 heavy (non-hydrogen) atoms. The second kappa shape index (κ2) is 1.40. The SMILES string of the molecule is C[Si](F)F. The van der Waals surface area contributed by atoms with E-state index in [9.17, 15) is 8.22 Å². The molecule has 0 unspecified atom stereocenters. The van der Waals surface area contributed by atoms with E-state index in [4.69, 9.17) is 0 Å². The third-order valence-corrected chi connectivity index (χ3v) is 0. The van der Waals surface area contributed by atoms with Gasteiger partial charge in [0.05, 0.1) is 0 Å². The van der Waals surface area contributed by atoms with Gasteiger partial charge in [-0.25, -0.2) is 0 Å². The average molecular weight is 81.1 g/mol. The van der Waals surface area contributed by atoms with Gasteiger partial charge in [-0.05, 0) is 6.55 Å². The van der Waals surface area contributed by atoms with Crippen LogP contribution in [0.4, 0.5) is 8.22 Å². The van der Waals surface area contributed by atoms with Crippen LogP contribution in [0.25, 0.3) is 0 Å². The molecule has 0 heterocycles. The average Bonchev–Trinajstić information content (AvgIpc) is 0.811. The van der Waals surface area contributed by atoms with E-state index in [1.54, 1.807) is 0 Å². The number of rotatable bonds is 0. The lowest BCUT2D eigenvalue weighted by molar-refractivity contribution is 0.673. The van der Waals surface area contributed by atoms with E-state index in [0.29, 0.717) is 0 Å². The number of halogens is 2. The lowest BCUT2D eigenvalue weighted by Gasteiger charge is -1.62. The van der Waals surface area contributed by atoms with Gasteiger partial charge in [0.15, 0.2) is 0 Å². The van der Waals surface area contributed by atoms with Gasteiger partial charge in [-0.3, -0.25) is 8.22 Å². The molecule has 0 aliphatic carbocycles. The Hall–Kier alpha value is 0.0769. The molecule has 0 bridgehead atoms. The van der Waals surface area contributed by atoms with Crippen LogP contribution >= 0.6 is 0 Å². The second-order valence-electron chi connectivity index (χ2n) is 0.449. The fraction of sp³-hybridized carbons (Fsp3) is 1.00. The molecule has 0 N–H and O–H groups in total. The van der Waals surface area contributed by atoms with Crippen molar-refractivity contribution in [3.05, 3.63) is 0 Å². The molecule has 0 aliphatic heterocycles. The topological polar surface area (TPSA) is 0 Å². The van der Waals surface area contributed by atoms with Gasteiger partial charge in [-0.1, -0.05) is 0 Å². The molecule has 0 rings (SSSR count). The number of hydrogen-bond acceptors (Lipinski definition) is 0. The van der Waals surface area contributed by atoms with Crippen molar-refractivity contribution in [3.63, 3.8) is 0 Å². The summed E-state index contributed by atoms with van der Waals surface area (Å²) in [7, 11) is -2.88. The minimum absolute atomic E-state index is 0.935. The monoisotopic (exact) mass is 81.0 g/mol. The van der Waals surface area contributed by atoms with Crippen molar-refractivity contribution in [1.29, 1.82) is 0 Å². The van der Waals surface area contributed by atoms with Crippen LogP contribution in [0.5, 0.6) is 0 Å². The van der Waals surface area contributed by atoms with Gasteiger partial charge in [0.1, 0.15) is 0 Å². The minimum Gasteiger partial charge on any atom is -0.268 e. The molecule has 0 saturated carbocycles. The molecule has 0 aliphatic rings. The summed E-state index contributed by atoms with van der Waals surface area (Å²) in [4.78, 5) is 0. The van der Waals surface area contributed by atoms with Gasteiger partial charge < -0.3 is 0 Å². The quantitative estimate of drug-likeness (QED) is 0.302. The zero-order valence-corrected chi connectivity index (χ0v) is 3.26. The Morgan fingerprint density at radius 3 is 1.50 bits per heavy atom. The minimum atomic E-state index is -2.88. The lowest BCUT2D eigenvalue weighted by atomic mass is 11.9. The molecule has 0 atom stereocenters. The van der Waals surface area contributed by atoms with Crippen LogP contribution in [0.3, 0.4) is 0 Å². The van der Waals surface area contributed by atoms with Gasteiger partial charge in [-0.15, -0.1) is 0 Å². The van der Waals surface area contributed by atoms with Crippen LogP contribution in [0.1, 0.15) is 0 Å². The third-order valence-electron chi connectivity index (χ3n) is 0. The first-order valence-corrected chi connectivity index (χ1v) is 2.63. The first-order chi connectivity index (χ1) is 1.73. The summed E-state index contributed by atoms with van der Waals surface area (Å²) in [6, 6.07) is 0. The highest BCUT2D eigenvalue weighted by molar-refractivity contribution is 6.40. The Balaban J connectivity index is 2.32. The van der Waals surface area contributed by atoms with Crippen molar-refractivity contribution in [3.8, 4) is 0 Å². The standard InChI is InChI=1S/CH3F2Si/c1-4(2)3/h1H3. The maximum atomic E-state index is 10.4. The van der Waals surface area contributed by atoms with Crippen molar-refractivity contribution in [2.45, 2.75) is 6.55 Å². The molecule has 0 spiro atoms. The summed E-state index contributed by atoms with van der Waals surface area (Å²) in [5.74, 6) is 0. The summed E-state index contributed by atoms with van der Waals surface area (Å²) in [5.41, 5.74) is 0. The van der Waals surface area contributed by atoms with E-state index in [-0.39, 0.29) is 0 Å². The normalized spacial score (nSPS) is 9.00. The second-order valence-corrected chi connectivity index (χ2v) is 1.35. The van der Waals surface area contributed by atoms with Crippen LogP contribution in [-0.2, 0) is 0 Å². The van der Waals surface area contributed by atoms with E-state index in [1.165, 1.54) is 0 Å². The Morgan fingerprint density at radius 2 is 1.50 bits per heavy atom. The summed E-state index contributed by atoms with van der Waals surface area (Å²) in [6.07, 6.45) is 0. The van der Waals surface area contributed by atoms with Crippen molar-refractivity contribution < 1.29 is 8.22 Å². The van der Waals surface area contributed by atoms with Crippen LogP contribution in [0.2, 0.25) is 6.55 Å². The molecule has 3 heteroatoms. The van der Waals surface area contributed by atoms with E-state index in [0.717, 1.165) is 6.55 Å². The zero-order chi connectivity index (χ0) is 3.58. The molecule has 0 fully saturated rings. The third kappa shape index (κ3) is 407. The highest BCUT2D eigenvalue weighted by atomic mass is 28.4. The zero-order valence-electron chi connectivity index (χ0n) is 2.26. The molecule has 0 aromatic carbocycles. The molecular weight excluding hydrogens is 78.1 g/mol. The predicted octanol–water partition coefficient (Wildman–Crippen LogP) is 1.04. The van der Waals surface area contributed by atoms with Gasteiger partial charge >= 0.3 is 9.46 Å². The fourth-order valence-corrected chi connectivity index (χ4v) is 0. The van der Waals surface area contributed by atoms with E-state index >= 15 is 0 Å². The maximum Gasteiger partial charge on any atom is 0.473 e. The Labute approximate surface area is 25.4 Å². The van der Waals surface area contributed by atoms with Gasteiger partial charge in [0, 0.05) is 0 Å². The fourth-order valence-electron chi connectivity index (χ4n) is 0. The van der Waals surface area contributed by atoms with Crippen molar-refractivity contribution in [2.75, 3.05) is 0 Å². The van der Waals surface area contributed by atoms with Crippen LogP contribution in [0.15, 0.2) is 0 Å². The van der Waals surface area contributed by atoms with Gasteiger partial charge in [0.2, 0.25) is 0 Å². The van der Waals surface area contributed by atoms with Crippen molar-refractivity contribution in [2.24, 2.45) is 0 Å². The first kappa shape index (κ1) is 4.08. The Kier molecular flexibility index (Phi) is 1.43. The molecule has 0 aromatic heterocycles. The van der Waals surface area contributed by atoms with Crippen molar-refractivity contribution in [1.82, 2.24) is 0 Å². The van der Waals surface area contributed by atoms with Gasteiger partial charge in [0.25, 0.3) is 0 Å². The highest BCUT2D eigenvalue weighted by Crippen LogP contribution is 1.76. The Morgan fingerprint density at radius 1 is 1.50 bits per heavy atom. The van der Waals surface area contributed by atoms with Crippen LogP contribution in [-0.4, -0.2) is 9.46 Å². The lowest BCUT2D eigenvalue weighted by Crippen LogP contribution is -1.79. The first-order valence-electron chi connectivity index (χ1n) is 0.878. The molecule has 25 valence electrons. The molecule has 1 radical (unpaired) electrons. The van der Waals surface area contributed by atoms with Crippen molar-refractivity contribution >= 4 is 9.46 Å². The van der Waals surface area contributed by atoms with E-state index in [2.05, 4.69) is 0 Å². The molecular formula is CH3F2Si. The van der Waals surface area contributed by atoms with Crippen LogP contribution in [0, 0.1) is 0 Å². The predicted molar refractivity (Wildman–Crippen MR) is 13.8 cm³/mol. The molecule has 0 amide bonds. The highest BCUT2D eigenvalue weighted by Gasteiger charge is 1.91. The smallest absolute Gasteiger partial charge is 0.268 e. The number of hydrogen-bond donors (Lipinski definition) is 0. The summed E-state index contributed by atoms with van der Waals surface area (Å²) >= 11 is 0. The van der Waals surface area contributed by atoms with E-state index in [1.807, 2.05) is 0 Å². The summed E-state index contributed by atoms with van der Waals surface area (Å²) < 4.78 is 20.9. The Bertz CT molecular complexity index is 10.8. The summed E-state index contributed by atoms with van der Waals surface area (Å²) in [6.45, 7) is 0.935. The molecule has 0 aromatic rings. The molecule has 0 nitrogen and oxygen atoms in total. The van der Waals surface area contributed by atoms with Crippen LogP contribution < -0.4 is 0 Å². The van der Waals surface area contributed by atoms with E-state index < -0.39 is 9.46 Å². The molecule has 0 saturated heterocycles. The largest absolute Gasteiger partial charge is 0.473 e. The summed E-state index contributed by atoms with van der Waals surface area (Å²) in [5, 5.41) is 0. The van der Waals surface area contributed by atoms with Gasteiger partial charge in [-0.2, -0.15) is 0 Å².